The molecule has 2 rings (SSSR count). The summed E-state index contributed by atoms with van der Waals surface area (Å²) in [5.41, 5.74) is 1.52. The first-order valence-electron chi connectivity index (χ1n) is 5.40. The highest BCUT2D eigenvalue weighted by atomic mass is 19.1. The Labute approximate surface area is 104 Å². The molecule has 1 N–H and O–H groups in total. The van der Waals surface area contributed by atoms with Gasteiger partial charge >= 0.3 is 0 Å². The fraction of sp³-hybridized carbons (Fsp3) is 0.143. The maximum Gasteiger partial charge on any atom is 0.253 e. The average Bonchev–Trinajstić information content (AvgIpc) is 2.35. The number of benzene rings is 1. The van der Waals surface area contributed by atoms with Crippen LogP contribution in [0.15, 0.2) is 24.3 Å². The summed E-state index contributed by atoms with van der Waals surface area (Å²) in [6.45, 7) is 1.87. The van der Waals surface area contributed by atoms with Crippen molar-refractivity contribution < 1.29 is 9.18 Å². The lowest BCUT2D eigenvalue weighted by atomic mass is 10.1. The van der Waals surface area contributed by atoms with Gasteiger partial charge in [0.1, 0.15) is 5.82 Å². The van der Waals surface area contributed by atoms with Crippen molar-refractivity contribution in [3.05, 3.63) is 41.3 Å². The summed E-state index contributed by atoms with van der Waals surface area (Å²) >= 11 is 0. The van der Waals surface area contributed by atoms with E-state index in [-0.39, 0.29) is 18.3 Å². The zero-order valence-corrected chi connectivity index (χ0v) is 9.83. The lowest BCUT2D eigenvalue weighted by Crippen LogP contribution is -2.24. The van der Waals surface area contributed by atoms with Gasteiger partial charge in [0.25, 0.3) is 5.91 Å². The van der Waals surface area contributed by atoms with Gasteiger partial charge in [-0.05, 0) is 25.1 Å². The molecule has 0 bridgehead atoms. The Morgan fingerprint density at radius 2 is 2.28 bits per heavy atom. The number of aromatic nitrogens is 1. The zero-order valence-electron chi connectivity index (χ0n) is 9.83. The predicted molar refractivity (Wildman–Crippen MR) is 67.6 cm³/mol. The molecular formula is C14H11FN2O. The van der Waals surface area contributed by atoms with Crippen LogP contribution in [0.5, 0.6) is 0 Å². The molecule has 1 amide bonds. The molecule has 18 heavy (non-hydrogen) atoms. The van der Waals surface area contributed by atoms with Crippen molar-refractivity contribution in [1.82, 2.24) is 10.3 Å². The molecule has 1 heterocycles. The maximum atomic E-state index is 13.1. The van der Waals surface area contributed by atoms with Crippen molar-refractivity contribution in [3.8, 4) is 12.3 Å². The van der Waals surface area contributed by atoms with Crippen LogP contribution in [0.1, 0.15) is 16.1 Å². The summed E-state index contributed by atoms with van der Waals surface area (Å²) < 4.78 is 13.1. The summed E-state index contributed by atoms with van der Waals surface area (Å²) in [5.74, 6) is 1.71. The second-order valence-corrected chi connectivity index (χ2v) is 3.85. The van der Waals surface area contributed by atoms with E-state index in [1.807, 2.05) is 0 Å². The second kappa shape index (κ2) is 4.84. The minimum absolute atomic E-state index is 0.166. The third-order valence-corrected chi connectivity index (χ3v) is 2.57. The molecule has 0 aliphatic carbocycles. The third kappa shape index (κ3) is 2.30. The molecule has 1 aromatic carbocycles. The van der Waals surface area contributed by atoms with Gasteiger partial charge in [-0.25, -0.2) is 4.39 Å². The molecule has 0 aliphatic heterocycles. The van der Waals surface area contributed by atoms with Gasteiger partial charge in [0, 0.05) is 11.5 Å². The van der Waals surface area contributed by atoms with Gasteiger partial charge in [0.05, 0.1) is 23.3 Å². The smallest absolute Gasteiger partial charge is 0.253 e. The number of carbonyl (C=O) groups excluding carboxylic acids is 1. The Hall–Kier alpha value is -2.41. The largest absolute Gasteiger partial charge is 0.341 e. The molecule has 0 atom stereocenters. The van der Waals surface area contributed by atoms with Crippen molar-refractivity contribution in [2.45, 2.75) is 6.92 Å². The second-order valence-electron chi connectivity index (χ2n) is 3.85. The normalized spacial score (nSPS) is 10.1. The Morgan fingerprint density at radius 1 is 1.50 bits per heavy atom. The van der Waals surface area contributed by atoms with Crippen LogP contribution >= 0.6 is 0 Å². The van der Waals surface area contributed by atoms with Crippen LogP contribution in [0.4, 0.5) is 4.39 Å². The van der Waals surface area contributed by atoms with Crippen LogP contribution in [0.3, 0.4) is 0 Å². The van der Waals surface area contributed by atoms with Crippen molar-refractivity contribution in [2.75, 3.05) is 6.54 Å². The fourth-order valence-corrected chi connectivity index (χ4v) is 1.69. The molecule has 4 heteroatoms. The monoisotopic (exact) mass is 242 g/mol. The molecule has 0 saturated carbocycles. The summed E-state index contributed by atoms with van der Waals surface area (Å²) in [6.07, 6.45) is 5.08. The van der Waals surface area contributed by atoms with Gasteiger partial charge in [-0.3, -0.25) is 9.78 Å². The van der Waals surface area contributed by atoms with Crippen molar-refractivity contribution in [2.24, 2.45) is 0 Å². The van der Waals surface area contributed by atoms with Crippen molar-refractivity contribution in [3.63, 3.8) is 0 Å². The SMILES string of the molecule is C#CCNC(=O)c1cc2ccc(F)cc2nc1C. The van der Waals surface area contributed by atoms with E-state index in [4.69, 9.17) is 6.42 Å². The topological polar surface area (TPSA) is 42.0 Å². The molecule has 0 aliphatic rings. The standard InChI is InChI=1S/C14H11FN2O/c1-3-6-16-14(18)12-7-10-4-5-11(15)8-13(10)17-9(12)2/h1,4-5,7-8H,6H2,2H3,(H,16,18). The van der Waals surface area contributed by atoms with Gasteiger partial charge in [0.2, 0.25) is 0 Å². The molecule has 90 valence electrons. The van der Waals surface area contributed by atoms with E-state index in [1.165, 1.54) is 12.1 Å². The number of hydrogen-bond donors (Lipinski definition) is 1. The van der Waals surface area contributed by atoms with E-state index in [0.29, 0.717) is 22.2 Å². The van der Waals surface area contributed by atoms with Crippen LogP contribution in [0, 0.1) is 25.1 Å². The van der Waals surface area contributed by atoms with Gasteiger partial charge in [-0.2, -0.15) is 0 Å². The summed E-state index contributed by atoms with van der Waals surface area (Å²) in [6, 6.07) is 5.95. The van der Waals surface area contributed by atoms with Gasteiger partial charge in [-0.15, -0.1) is 6.42 Å². The molecule has 0 unspecified atom stereocenters. The molecule has 0 radical (unpaired) electrons. The van der Waals surface area contributed by atoms with Crippen LogP contribution in [-0.4, -0.2) is 17.4 Å². The number of terminal acetylenes is 1. The number of carbonyl (C=O) groups is 1. The van der Waals surface area contributed by atoms with Crippen LogP contribution in [0.2, 0.25) is 0 Å². The molecule has 1 aromatic heterocycles. The average molecular weight is 242 g/mol. The Balaban J connectivity index is 2.47. The Kier molecular flexibility index (Phi) is 3.24. The molecule has 2 aromatic rings. The maximum absolute atomic E-state index is 13.1. The quantitative estimate of drug-likeness (QED) is 0.819. The molecule has 0 spiro atoms. The Morgan fingerprint density at radius 3 is 3.00 bits per heavy atom. The first kappa shape index (κ1) is 12.1. The van der Waals surface area contributed by atoms with Crippen LogP contribution < -0.4 is 5.32 Å². The molecule has 0 saturated heterocycles. The lowest BCUT2D eigenvalue weighted by Gasteiger charge is -2.07. The van der Waals surface area contributed by atoms with E-state index >= 15 is 0 Å². The van der Waals surface area contributed by atoms with E-state index < -0.39 is 0 Å². The lowest BCUT2D eigenvalue weighted by molar-refractivity contribution is 0.0958. The van der Waals surface area contributed by atoms with Gasteiger partial charge < -0.3 is 5.32 Å². The van der Waals surface area contributed by atoms with Gasteiger partial charge in [0.15, 0.2) is 0 Å². The minimum Gasteiger partial charge on any atom is -0.341 e. The number of nitrogens with one attached hydrogen (secondary N) is 1. The highest BCUT2D eigenvalue weighted by Gasteiger charge is 2.11. The van der Waals surface area contributed by atoms with Crippen molar-refractivity contribution >= 4 is 16.8 Å². The summed E-state index contributed by atoms with van der Waals surface area (Å²) in [4.78, 5) is 16.0. The number of halogens is 1. The number of aryl methyl sites for hydroxylation is 1. The zero-order chi connectivity index (χ0) is 13.1. The summed E-state index contributed by atoms with van der Waals surface area (Å²) in [7, 11) is 0. The highest BCUT2D eigenvalue weighted by molar-refractivity contribution is 5.98. The predicted octanol–water partition coefficient (Wildman–Crippen LogP) is 2.05. The van der Waals surface area contributed by atoms with E-state index in [9.17, 15) is 9.18 Å². The highest BCUT2D eigenvalue weighted by Crippen LogP contribution is 2.17. The first-order valence-corrected chi connectivity index (χ1v) is 5.40. The van der Waals surface area contributed by atoms with E-state index in [1.54, 1.807) is 19.1 Å². The number of nitrogens with zero attached hydrogens (tertiary/aromatic N) is 1. The van der Waals surface area contributed by atoms with Gasteiger partial charge in [-0.1, -0.05) is 5.92 Å². The summed E-state index contributed by atoms with van der Waals surface area (Å²) in [5, 5.41) is 3.29. The van der Waals surface area contributed by atoms with Crippen LogP contribution in [-0.2, 0) is 0 Å². The number of rotatable bonds is 2. The molecular weight excluding hydrogens is 231 g/mol. The van der Waals surface area contributed by atoms with E-state index in [0.717, 1.165) is 0 Å². The number of fused-ring (bicyclic) bond motifs is 1. The minimum atomic E-state index is -0.348. The van der Waals surface area contributed by atoms with E-state index in [2.05, 4.69) is 16.2 Å². The van der Waals surface area contributed by atoms with Crippen molar-refractivity contribution in [1.29, 1.82) is 0 Å². The molecule has 0 fully saturated rings. The first-order chi connectivity index (χ1) is 8.61. The Bertz CT molecular complexity index is 659. The van der Waals surface area contributed by atoms with Crippen LogP contribution in [0.25, 0.3) is 10.9 Å². The fourth-order valence-electron chi connectivity index (χ4n) is 1.69. The third-order valence-electron chi connectivity index (χ3n) is 2.57. The molecule has 3 nitrogen and oxygen atoms in total. The number of pyridine rings is 1. The number of amides is 1. The number of hydrogen-bond acceptors (Lipinski definition) is 2.